The second-order valence-electron chi connectivity index (χ2n) is 5.61. The van der Waals surface area contributed by atoms with E-state index in [2.05, 4.69) is 60.6 Å². The molecule has 20 heavy (non-hydrogen) atoms. The number of methoxy groups -OCH3 is 1. The molecule has 0 aromatic heterocycles. The zero-order chi connectivity index (χ0) is 15.0. The lowest BCUT2D eigenvalue weighted by Gasteiger charge is -2.24. The quantitative estimate of drug-likeness (QED) is 0.447. The number of nitrogens with zero attached hydrogens (tertiary/aromatic N) is 1. The summed E-state index contributed by atoms with van der Waals surface area (Å²) in [6.45, 7) is 2.27. The Hall–Kier alpha value is -0.290. The van der Waals surface area contributed by atoms with E-state index >= 15 is 0 Å². The minimum Gasteiger partial charge on any atom is -0.497 e. The van der Waals surface area contributed by atoms with E-state index in [0.717, 1.165) is 12.2 Å². The van der Waals surface area contributed by atoms with Crippen molar-refractivity contribution in [3.8, 4) is 5.75 Å². The third-order valence-electron chi connectivity index (χ3n) is 3.87. The van der Waals surface area contributed by atoms with Crippen LogP contribution in [0, 0.1) is 3.57 Å². The van der Waals surface area contributed by atoms with Crippen LogP contribution >= 0.6 is 22.6 Å². The average Bonchev–Trinajstić information content (AvgIpc) is 2.44. The lowest BCUT2D eigenvalue weighted by atomic mass is 9.99. The van der Waals surface area contributed by atoms with Gasteiger partial charge in [-0.1, -0.05) is 26.2 Å². The smallest absolute Gasteiger partial charge is 0.119 e. The van der Waals surface area contributed by atoms with Crippen molar-refractivity contribution in [2.75, 3.05) is 21.2 Å². The van der Waals surface area contributed by atoms with E-state index in [1.165, 1.54) is 41.2 Å². The van der Waals surface area contributed by atoms with E-state index in [0.29, 0.717) is 6.04 Å². The zero-order valence-electron chi connectivity index (χ0n) is 13.3. The van der Waals surface area contributed by atoms with Gasteiger partial charge in [-0.05, 0) is 79.7 Å². The molecule has 0 N–H and O–H groups in total. The molecular formula is C17H28INO. The predicted octanol–water partition coefficient (Wildman–Crippen LogP) is 4.74. The van der Waals surface area contributed by atoms with Gasteiger partial charge in [-0.25, -0.2) is 0 Å². The zero-order valence-corrected chi connectivity index (χ0v) is 15.4. The van der Waals surface area contributed by atoms with Crippen LogP contribution in [0.1, 0.15) is 44.6 Å². The summed E-state index contributed by atoms with van der Waals surface area (Å²) in [5.74, 6) is 0.966. The van der Waals surface area contributed by atoms with E-state index in [1.54, 1.807) is 7.11 Å². The minimum atomic E-state index is 0.684. The summed E-state index contributed by atoms with van der Waals surface area (Å²) in [6.07, 6.45) is 7.65. The third-order valence-corrected chi connectivity index (χ3v) is 4.92. The molecule has 0 saturated heterocycles. The highest BCUT2D eigenvalue weighted by Gasteiger charge is 2.12. The number of unbranched alkanes of at least 4 members (excludes halogenated alkanes) is 2. The summed E-state index contributed by atoms with van der Waals surface area (Å²) < 4.78 is 6.67. The molecule has 0 bridgehead atoms. The van der Waals surface area contributed by atoms with Crippen molar-refractivity contribution in [2.45, 2.75) is 51.5 Å². The molecule has 1 atom stereocenters. The molecule has 0 spiro atoms. The maximum Gasteiger partial charge on any atom is 0.119 e. The number of halogens is 1. The topological polar surface area (TPSA) is 12.5 Å². The van der Waals surface area contributed by atoms with Gasteiger partial charge < -0.3 is 9.64 Å². The van der Waals surface area contributed by atoms with Crippen molar-refractivity contribution in [3.63, 3.8) is 0 Å². The number of ether oxygens (including phenoxy) is 1. The highest BCUT2D eigenvalue weighted by atomic mass is 127. The molecule has 0 fully saturated rings. The number of benzene rings is 1. The largest absolute Gasteiger partial charge is 0.497 e. The fraction of sp³-hybridized carbons (Fsp3) is 0.647. The van der Waals surface area contributed by atoms with Crippen LogP contribution in [0.15, 0.2) is 18.2 Å². The summed E-state index contributed by atoms with van der Waals surface area (Å²) in [5.41, 5.74) is 1.41. The molecule has 0 heterocycles. The van der Waals surface area contributed by atoms with E-state index in [4.69, 9.17) is 4.74 Å². The van der Waals surface area contributed by atoms with Gasteiger partial charge in [0.1, 0.15) is 5.75 Å². The lowest BCUT2D eigenvalue weighted by Crippen LogP contribution is -2.28. The van der Waals surface area contributed by atoms with Crippen molar-refractivity contribution in [2.24, 2.45) is 0 Å². The van der Waals surface area contributed by atoms with Crippen molar-refractivity contribution in [1.29, 1.82) is 0 Å². The second kappa shape index (κ2) is 9.61. The summed E-state index contributed by atoms with van der Waals surface area (Å²) >= 11 is 2.42. The number of hydrogen-bond acceptors (Lipinski definition) is 2. The average molecular weight is 389 g/mol. The van der Waals surface area contributed by atoms with Gasteiger partial charge in [-0.15, -0.1) is 0 Å². The molecule has 1 aromatic carbocycles. The molecule has 1 unspecified atom stereocenters. The molecule has 3 heteroatoms. The van der Waals surface area contributed by atoms with Crippen molar-refractivity contribution in [1.82, 2.24) is 4.90 Å². The Morgan fingerprint density at radius 3 is 2.55 bits per heavy atom. The van der Waals surface area contributed by atoms with Crippen LogP contribution in [-0.4, -0.2) is 32.1 Å². The molecule has 0 aliphatic rings. The third kappa shape index (κ3) is 6.00. The Balaban J connectivity index is 2.57. The molecule has 0 radical (unpaired) electrons. The molecule has 0 aliphatic carbocycles. The van der Waals surface area contributed by atoms with Gasteiger partial charge in [0.05, 0.1) is 7.11 Å². The fourth-order valence-electron chi connectivity index (χ4n) is 2.48. The van der Waals surface area contributed by atoms with Crippen LogP contribution in [0.5, 0.6) is 5.75 Å². The lowest BCUT2D eigenvalue weighted by molar-refractivity contribution is 0.258. The molecule has 0 saturated carbocycles. The molecule has 114 valence electrons. The van der Waals surface area contributed by atoms with Crippen LogP contribution in [0.4, 0.5) is 0 Å². The Labute approximate surface area is 138 Å². The Morgan fingerprint density at radius 1 is 1.20 bits per heavy atom. The molecular weight excluding hydrogens is 361 g/mol. The van der Waals surface area contributed by atoms with Crippen molar-refractivity contribution in [3.05, 3.63) is 27.3 Å². The predicted molar refractivity (Wildman–Crippen MR) is 95.6 cm³/mol. The Kier molecular flexibility index (Phi) is 8.53. The highest BCUT2D eigenvalue weighted by Crippen LogP contribution is 2.22. The van der Waals surface area contributed by atoms with Crippen LogP contribution < -0.4 is 4.74 Å². The maximum absolute atomic E-state index is 5.33. The van der Waals surface area contributed by atoms with E-state index < -0.39 is 0 Å². The first-order valence-corrected chi connectivity index (χ1v) is 8.65. The van der Waals surface area contributed by atoms with Gasteiger partial charge in [0.2, 0.25) is 0 Å². The van der Waals surface area contributed by atoms with Crippen LogP contribution in [0.25, 0.3) is 0 Å². The van der Waals surface area contributed by atoms with Crippen molar-refractivity contribution < 1.29 is 4.74 Å². The number of hydrogen-bond donors (Lipinski definition) is 0. The van der Waals surface area contributed by atoms with Gasteiger partial charge in [0.25, 0.3) is 0 Å². The van der Waals surface area contributed by atoms with Crippen molar-refractivity contribution >= 4 is 22.6 Å². The SMILES string of the molecule is CCCCCC(CCc1cc(OC)ccc1I)N(C)C. The summed E-state index contributed by atoms with van der Waals surface area (Å²) in [7, 11) is 6.14. The number of aryl methyl sites for hydroxylation is 1. The van der Waals surface area contributed by atoms with Crippen LogP contribution in [-0.2, 0) is 6.42 Å². The highest BCUT2D eigenvalue weighted by molar-refractivity contribution is 14.1. The van der Waals surface area contributed by atoms with E-state index in [-0.39, 0.29) is 0 Å². The summed E-state index contributed by atoms with van der Waals surface area (Å²) in [4.78, 5) is 2.38. The monoisotopic (exact) mass is 389 g/mol. The van der Waals surface area contributed by atoms with E-state index in [9.17, 15) is 0 Å². The molecule has 2 nitrogen and oxygen atoms in total. The minimum absolute atomic E-state index is 0.684. The fourth-order valence-corrected chi connectivity index (χ4v) is 3.09. The standard InChI is InChI=1S/C17H28INO/c1-5-6-7-8-15(19(2)3)10-9-14-13-16(20-4)11-12-17(14)18/h11-13,15H,5-10H2,1-4H3. The second-order valence-corrected chi connectivity index (χ2v) is 6.77. The van der Waals surface area contributed by atoms with Gasteiger partial charge in [-0.3, -0.25) is 0 Å². The van der Waals surface area contributed by atoms with Gasteiger partial charge >= 0.3 is 0 Å². The van der Waals surface area contributed by atoms with Gasteiger partial charge in [0, 0.05) is 9.61 Å². The van der Waals surface area contributed by atoms with E-state index in [1.807, 2.05) is 6.07 Å². The first kappa shape index (κ1) is 17.8. The van der Waals surface area contributed by atoms with Gasteiger partial charge in [0.15, 0.2) is 0 Å². The Morgan fingerprint density at radius 2 is 1.95 bits per heavy atom. The first-order valence-electron chi connectivity index (χ1n) is 7.57. The molecule has 1 rings (SSSR count). The Bertz CT molecular complexity index is 393. The number of rotatable bonds is 9. The normalized spacial score (nSPS) is 12.7. The van der Waals surface area contributed by atoms with Gasteiger partial charge in [-0.2, -0.15) is 0 Å². The first-order chi connectivity index (χ1) is 9.58. The maximum atomic E-state index is 5.33. The van der Waals surface area contributed by atoms with Crippen LogP contribution in [0.2, 0.25) is 0 Å². The molecule has 0 amide bonds. The summed E-state index contributed by atoms with van der Waals surface area (Å²) in [5, 5.41) is 0. The molecule has 0 aliphatic heterocycles. The molecule has 1 aromatic rings. The van der Waals surface area contributed by atoms with Crippen LogP contribution in [0.3, 0.4) is 0 Å². The summed E-state index contributed by atoms with van der Waals surface area (Å²) in [6, 6.07) is 7.05.